The van der Waals surface area contributed by atoms with Gasteiger partial charge in [-0.25, -0.2) is 9.18 Å². The second-order valence-corrected chi connectivity index (χ2v) is 4.77. The van der Waals surface area contributed by atoms with E-state index in [2.05, 4.69) is 0 Å². The largest absolute Gasteiger partial charge is 0.479 e. The first-order valence-corrected chi connectivity index (χ1v) is 6.42. The number of carbonyl (C=O) groups excluding carboxylic acids is 1. The normalized spacial score (nSPS) is 22.9. The van der Waals surface area contributed by atoms with Gasteiger partial charge >= 0.3 is 5.97 Å². The van der Waals surface area contributed by atoms with Gasteiger partial charge in [-0.3, -0.25) is 4.79 Å². The number of carboxylic acid groups (broad SMARTS) is 1. The lowest BCUT2D eigenvalue weighted by Crippen LogP contribution is -2.51. The predicted molar refractivity (Wildman–Crippen MR) is 68.9 cm³/mol. The maximum Gasteiger partial charge on any atom is 0.335 e. The molecular formula is C13H13ClFNO4. The first-order chi connectivity index (χ1) is 9.45. The van der Waals surface area contributed by atoms with Crippen LogP contribution in [0.4, 0.5) is 4.39 Å². The number of amides is 1. The van der Waals surface area contributed by atoms with Crippen molar-refractivity contribution in [1.82, 2.24) is 4.90 Å². The number of carboxylic acids is 1. The number of nitrogens with zero attached hydrogens (tertiary/aromatic N) is 1. The number of benzene rings is 1. The molecule has 1 amide bonds. The second-order valence-electron chi connectivity index (χ2n) is 4.36. The van der Waals surface area contributed by atoms with Gasteiger partial charge in [0.1, 0.15) is 12.4 Å². The average molecular weight is 302 g/mol. The SMILES string of the molecule is CCN1C(=O)COC(C(=O)O)C1c1ccc(F)cc1Cl. The fourth-order valence-corrected chi connectivity index (χ4v) is 2.58. The molecule has 0 saturated carbocycles. The number of halogens is 2. The van der Waals surface area contributed by atoms with Crippen molar-refractivity contribution in [2.45, 2.75) is 19.1 Å². The average Bonchev–Trinajstić information content (AvgIpc) is 2.38. The lowest BCUT2D eigenvalue weighted by Gasteiger charge is -2.39. The minimum atomic E-state index is -1.23. The zero-order valence-corrected chi connectivity index (χ0v) is 11.4. The number of ether oxygens (including phenoxy) is 1. The van der Waals surface area contributed by atoms with Gasteiger partial charge in [0, 0.05) is 11.6 Å². The number of hydrogen-bond acceptors (Lipinski definition) is 3. The molecule has 108 valence electrons. The van der Waals surface area contributed by atoms with Crippen LogP contribution in [0.2, 0.25) is 5.02 Å². The van der Waals surface area contributed by atoms with E-state index < -0.39 is 23.9 Å². The molecule has 1 aliphatic heterocycles. The zero-order valence-electron chi connectivity index (χ0n) is 10.7. The molecule has 2 rings (SSSR count). The van der Waals surface area contributed by atoms with E-state index >= 15 is 0 Å². The van der Waals surface area contributed by atoms with Gasteiger partial charge in [0.05, 0.1) is 6.04 Å². The van der Waals surface area contributed by atoms with Crippen molar-refractivity contribution in [1.29, 1.82) is 0 Å². The second kappa shape index (κ2) is 5.76. The molecular weight excluding hydrogens is 289 g/mol. The Kier molecular flexibility index (Phi) is 4.25. The quantitative estimate of drug-likeness (QED) is 0.925. The predicted octanol–water partition coefficient (Wildman–Crippen LogP) is 1.85. The number of morpholine rings is 1. The molecule has 7 heteroatoms. The fraction of sp³-hybridized carbons (Fsp3) is 0.385. The highest BCUT2D eigenvalue weighted by molar-refractivity contribution is 6.31. The van der Waals surface area contributed by atoms with Crippen LogP contribution in [0.3, 0.4) is 0 Å². The summed E-state index contributed by atoms with van der Waals surface area (Å²) < 4.78 is 18.2. The molecule has 2 atom stereocenters. The number of likely N-dealkylation sites (N-methyl/N-ethyl adjacent to an activating group) is 1. The van der Waals surface area contributed by atoms with E-state index in [1.807, 2.05) is 0 Å². The summed E-state index contributed by atoms with van der Waals surface area (Å²) in [6.07, 6.45) is -1.23. The number of carbonyl (C=O) groups is 2. The van der Waals surface area contributed by atoms with E-state index in [1.54, 1.807) is 6.92 Å². The summed E-state index contributed by atoms with van der Waals surface area (Å²) in [5.41, 5.74) is 0.357. The minimum Gasteiger partial charge on any atom is -0.479 e. The molecule has 0 aliphatic carbocycles. The Morgan fingerprint density at radius 1 is 1.60 bits per heavy atom. The lowest BCUT2D eigenvalue weighted by molar-refractivity contribution is -0.172. The van der Waals surface area contributed by atoms with Crippen LogP contribution in [0, 0.1) is 5.82 Å². The summed E-state index contributed by atoms with van der Waals surface area (Å²) in [7, 11) is 0. The Hall–Kier alpha value is -1.66. The summed E-state index contributed by atoms with van der Waals surface area (Å²) in [5, 5.41) is 9.30. The van der Waals surface area contributed by atoms with E-state index in [9.17, 15) is 19.1 Å². The highest BCUT2D eigenvalue weighted by atomic mass is 35.5. The molecule has 0 spiro atoms. The molecule has 1 heterocycles. The van der Waals surface area contributed by atoms with Gasteiger partial charge in [-0.1, -0.05) is 17.7 Å². The Morgan fingerprint density at radius 2 is 2.30 bits per heavy atom. The van der Waals surface area contributed by atoms with E-state index in [0.29, 0.717) is 12.1 Å². The summed E-state index contributed by atoms with van der Waals surface area (Å²) in [4.78, 5) is 24.5. The molecule has 0 bridgehead atoms. The summed E-state index contributed by atoms with van der Waals surface area (Å²) in [6, 6.07) is 2.77. The molecule has 1 N–H and O–H groups in total. The molecule has 1 fully saturated rings. The molecule has 1 aliphatic rings. The molecule has 1 aromatic rings. The van der Waals surface area contributed by atoms with Crippen LogP contribution in [0.25, 0.3) is 0 Å². The topological polar surface area (TPSA) is 66.8 Å². The highest BCUT2D eigenvalue weighted by Gasteiger charge is 2.42. The number of hydrogen-bond donors (Lipinski definition) is 1. The Morgan fingerprint density at radius 3 is 2.85 bits per heavy atom. The van der Waals surface area contributed by atoms with Crippen molar-refractivity contribution < 1.29 is 23.8 Å². The molecule has 0 aromatic heterocycles. The number of aliphatic carboxylic acids is 1. The maximum atomic E-state index is 13.1. The first kappa shape index (κ1) is 14.7. The third-order valence-corrected chi connectivity index (χ3v) is 3.52. The minimum absolute atomic E-state index is 0.0676. The van der Waals surface area contributed by atoms with Gasteiger partial charge in [0.15, 0.2) is 6.10 Å². The van der Waals surface area contributed by atoms with Crippen LogP contribution in [0.15, 0.2) is 18.2 Å². The van der Waals surface area contributed by atoms with Gasteiger partial charge in [-0.15, -0.1) is 0 Å². The highest BCUT2D eigenvalue weighted by Crippen LogP contribution is 2.34. The molecule has 5 nitrogen and oxygen atoms in total. The fourth-order valence-electron chi connectivity index (χ4n) is 2.31. The van der Waals surface area contributed by atoms with Crippen LogP contribution in [0.5, 0.6) is 0 Å². The molecule has 2 unspecified atom stereocenters. The van der Waals surface area contributed by atoms with Crippen molar-refractivity contribution >= 4 is 23.5 Å². The van der Waals surface area contributed by atoms with Crippen molar-refractivity contribution in [2.24, 2.45) is 0 Å². The Balaban J connectivity index is 2.49. The molecule has 1 saturated heterocycles. The first-order valence-electron chi connectivity index (χ1n) is 6.04. The third-order valence-electron chi connectivity index (χ3n) is 3.19. The Bertz CT molecular complexity index is 549. The third kappa shape index (κ3) is 2.62. The van der Waals surface area contributed by atoms with Crippen molar-refractivity contribution in [3.63, 3.8) is 0 Å². The van der Waals surface area contributed by atoms with E-state index in [4.69, 9.17) is 16.3 Å². The van der Waals surface area contributed by atoms with Crippen molar-refractivity contribution in [3.8, 4) is 0 Å². The van der Waals surface area contributed by atoms with Crippen LogP contribution >= 0.6 is 11.6 Å². The van der Waals surface area contributed by atoms with Crippen molar-refractivity contribution in [2.75, 3.05) is 13.2 Å². The standard InChI is InChI=1S/C13H13ClFNO4/c1-2-16-10(17)6-20-12(13(18)19)11(16)8-4-3-7(15)5-9(8)14/h3-5,11-12H,2,6H2,1H3,(H,18,19). The van der Waals surface area contributed by atoms with E-state index in [-0.39, 0.29) is 17.5 Å². The van der Waals surface area contributed by atoms with Crippen LogP contribution in [0.1, 0.15) is 18.5 Å². The lowest BCUT2D eigenvalue weighted by atomic mass is 9.97. The molecule has 20 heavy (non-hydrogen) atoms. The van der Waals surface area contributed by atoms with Crippen LogP contribution in [-0.2, 0) is 14.3 Å². The van der Waals surface area contributed by atoms with Crippen LogP contribution in [-0.4, -0.2) is 41.1 Å². The van der Waals surface area contributed by atoms with E-state index in [1.165, 1.54) is 17.0 Å². The number of rotatable bonds is 3. The maximum absolute atomic E-state index is 13.1. The smallest absolute Gasteiger partial charge is 0.335 e. The van der Waals surface area contributed by atoms with Gasteiger partial charge in [0.2, 0.25) is 5.91 Å². The zero-order chi connectivity index (χ0) is 14.9. The summed E-state index contributed by atoms with van der Waals surface area (Å²) >= 11 is 5.98. The van der Waals surface area contributed by atoms with Crippen LogP contribution < -0.4 is 0 Å². The van der Waals surface area contributed by atoms with Crippen molar-refractivity contribution in [3.05, 3.63) is 34.6 Å². The van der Waals surface area contributed by atoms with Gasteiger partial charge in [-0.2, -0.15) is 0 Å². The van der Waals surface area contributed by atoms with E-state index in [0.717, 1.165) is 6.07 Å². The van der Waals surface area contributed by atoms with Gasteiger partial charge in [0.25, 0.3) is 0 Å². The van der Waals surface area contributed by atoms with Gasteiger partial charge < -0.3 is 14.7 Å². The monoisotopic (exact) mass is 301 g/mol. The summed E-state index contributed by atoms with van der Waals surface area (Å²) in [6.45, 7) is 1.75. The Labute approximate surface area is 119 Å². The molecule has 1 aromatic carbocycles. The summed E-state index contributed by atoms with van der Waals surface area (Å²) in [5.74, 6) is -2.05. The van der Waals surface area contributed by atoms with Gasteiger partial charge in [-0.05, 0) is 24.6 Å². The molecule has 0 radical (unpaired) electrons.